The van der Waals surface area contributed by atoms with Crippen molar-refractivity contribution >= 4 is 5.91 Å². The number of ether oxygens (including phenoxy) is 1. The van der Waals surface area contributed by atoms with Crippen LogP contribution in [0.2, 0.25) is 0 Å². The van der Waals surface area contributed by atoms with Gasteiger partial charge in [0.05, 0.1) is 6.04 Å². The van der Waals surface area contributed by atoms with Crippen LogP contribution in [0, 0.1) is 6.92 Å². The van der Waals surface area contributed by atoms with E-state index in [2.05, 4.69) is 29.6 Å². The number of benzene rings is 3. The van der Waals surface area contributed by atoms with Crippen molar-refractivity contribution in [3.8, 4) is 5.75 Å². The van der Waals surface area contributed by atoms with Gasteiger partial charge >= 0.3 is 0 Å². The Bertz CT molecular complexity index is 821. The second-order valence-electron chi connectivity index (χ2n) is 7.17. The van der Waals surface area contributed by atoms with Gasteiger partial charge in [-0.25, -0.2) is 0 Å². The maximum absolute atomic E-state index is 12.7. The highest BCUT2D eigenvalue weighted by atomic mass is 16.5. The maximum atomic E-state index is 12.7. The van der Waals surface area contributed by atoms with Crippen molar-refractivity contribution in [2.24, 2.45) is 0 Å². The highest BCUT2D eigenvalue weighted by Crippen LogP contribution is 2.27. The van der Waals surface area contributed by atoms with Crippen LogP contribution in [0.5, 0.6) is 5.75 Å². The van der Waals surface area contributed by atoms with Crippen molar-refractivity contribution in [1.29, 1.82) is 0 Å². The third-order valence-corrected chi connectivity index (χ3v) is 4.72. The molecule has 0 unspecified atom stereocenters. The van der Waals surface area contributed by atoms with Crippen LogP contribution in [0.4, 0.5) is 0 Å². The minimum absolute atomic E-state index is 0.0257. The Morgan fingerprint density at radius 3 is 1.93 bits per heavy atom. The number of carbonyl (C=O) groups is 1. The molecule has 1 N–H and O–H groups in total. The van der Waals surface area contributed by atoms with E-state index in [1.165, 1.54) is 5.56 Å². The third-order valence-electron chi connectivity index (χ3n) is 4.72. The number of rotatable bonds is 8. The van der Waals surface area contributed by atoms with Gasteiger partial charge in [0.2, 0.25) is 5.91 Å². The normalized spacial score (nSPS) is 11.8. The summed E-state index contributed by atoms with van der Waals surface area (Å²) in [5, 5.41) is 3.07. The van der Waals surface area contributed by atoms with Crippen LogP contribution < -0.4 is 10.1 Å². The summed E-state index contributed by atoms with van der Waals surface area (Å²) >= 11 is 0. The summed E-state index contributed by atoms with van der Waals surface area (Å²) < 4.78 is 5.78. The molecule has 3 aromatic rings. The van der Waals surface area contributed by atoms with Gasteiger partial charge in [0.25, 0.3) is 0 Å². The average Bonchev–Trinajstić information content (AvgIpc) is 2.73. The van der Waals surface area contributed by atoms with Crippen LogP contribution in [-0.4, -0.2) is 18.6 Å². The van der Waals surface area contributed by atoms with Gasteiger partial charge in [0.15, 0.2) is 0 Å². The molecule has 0 spiro atoms. The van der Waals surface area contributed by atoms with Crippen LogP contribution in [0.25, 0.3) is 0 Å². The topological polar surface area (TPSA) is 38.3 Å². The molecule has 3 aromatic carbocycles. The van der Waals surface area contributed by atoms with Gasteiger partial charge in [-0.05, 0) is 37.1 Å². The summed E-state index contributed by atoms with van der Waals surface area (Å²) in [5.74, 6) is 0.878. The molecule has 0 aliphatic carbocycles. The lowest BCUT2D eigenvalue weighted by atomic mass is 9.88. The molecule has 0 saturated carbocycles. The van der Waals surface area contributed by atoms with Crippen LogP contribution in [-0.2, 0) is 4.79 Å². The van der Waals surface area contributed by atoms with Crippen molar-refractivity contribution in [3.63, 3.8) is 0 Å². The zero-order chi connectivity index (χ0) is 19.8. The largest absolute Gasteiger partial charge is 0.491 e. The number of nitrogens with one attached hydrogen (secondary N) is 1. The molecular formula is C25H27NO2. The monoisotopic (exact) mass is 373 g/mol. The Labute approximate surface area is 167 Å². The van der Waals surface area contributed by atoms with Crippen LogP contribution >= 0.6 is 0 Å². The van der Waals surface area contributed by atoms with E-state index < -0.39 is 0 Å². The number of carbonyl (C=O) groups excluding carboxylic acids is 1. The lowest BCUT2D eigenvalue weighted by Gasteiger charge is -2.20. The summed E-state index contributed by atoms with van der Waals surface area (Å²) in [6.07, 6.45) is 0.406. The molecule has 1 amide bonds. The van der Waals surface area contributed by atoms with Gasteiger partial charge in [-0.1, -0.05) is 78.4 Å². The van der Waals surface area contributed by atoms with Gasteiger partial charge in [0.1, 0.15) is 12.4 Å². The van der Waals surface area contributed by atoms with Crippen molar-refractivity contribution in [3.05, 3.63) is 102 Å². The molecule has 0 aromatic heterocycles. The molecule has 0 aliphatic rings. The fraction of sp³-hybridized carbons (Fsp3) is 0.240. The molecule has 0 fully saturated rings. The van der Waals surface area contributed by atoms with Gasteiger partial charge in [-0.3, -0.25) is 4.79 Å². The predicted molar refractivity (Wildman–Crippen MR) is 114 cm³/mol. The molecule has 1 atom stereocenters. The van der Waals surface area contributed by atoms with Crippen molar-refractivity contribution in [2.75, 3.05) is 6.61 Å². The fourth-order valence-electron chi connectivity index (χ4n) is 3.22. The van der Waals surface area contributed by atoms with Crippen molar-refractivity contribution < 1.29 is 9.53 Å². The van der Waals surface area contributed by atoms with E-state index in [0.717, 1.165) is 16.9 Å². The molecule has 3 nitrogen and oxygen atoms in total. The molecule has 28 heavy (non-hydrogen) atoms. The number of aryl methyl sites for hydroxylation is 1. The Hall–Kier alpha value is -3.07. The quantitative estimate of drug-likeness (QED) is 0.596. The number of amides is 1. The SMILES string of the molecule is Cc1ccc(OC[C@H](C)NC(=O)CC(c2ccccc2)c2ccccc2)cc1. The highest BCUT2D eigenvalue weighted by molar-refractivity contribution is 5.77. The van der Waals surface area contributed by atoms with Gasteiger partial charge in [-0.15, -0.1) is 0 Å². The molecule has 0 radical (unpaired) electrons. The molecular weight excluding hydrogens is 346 g/mol. The Morgan fingerprint density at radius 1 is 0.857 bits per heavy atom. The van der Waals surface area contributed by atoms with E-state index >= 15 is 0 Å². The van der Waals surface area contributed by atoms with Gasteiger partial charge < -0.3 is 10.1 Å². The first kappa shape index (κ1) is 19.7. The Kier molecular flexibility index (Phi) is 6.85. The summed E-state index contributed by atoms with van der Waals surface area (Å²) in [4.78, 5) is 12.7. The van der Waals surface area contributed by atoms with E-state index in [-0.39, 0.29) is 17.9 Å². The second kappa shape index (κ2) is 9.75. The molecule has 0 aliphatic heterocycles. The van der Waals surface area contributed by atoms with Crippen LogP contribution in [0.15, 0.2) is 84.9 Å². The van der Waals surface area contributed by atoms with Crippen LogP contribution in [0.1, 0.15) is 36.0 Å². The van der Waals surface area contributed by atoms with E-state index in [1.807, 2.05) is 74.5 Å². The second-order valence-corrected chi connectivity index (χ2v) is 7.17. The summed E-state index contributed by atoms with van der Waals surface area (Å²) in [6.45, 7) is 4.45. The minimum atomic E-state index is -0.0685. The van der Waals surface area contributed by atoms with Crippen molar-refractivity contribution in [2.45, 2.75) is 32.2 Å². The number of hydrogen-bond donors (Lipinski definition) is 1. The van der Waals surface area contributed by atoms with Crippen LogP contribution in [0.3, 0.4) is 0 Å². The Balaban J connectivity index is 1.59. The fourth-order valence-corrected chi connectivity index (χ4v) is 3.22. The first-order valence-electron chi connectivity index (χ1n) is 9.70. The molecule has 3 heteroatoms. The average molecular weight is 373 g/mol. The first-order chi connectivity index (χ1) is 13.6. The van der Waals surface area contributed by atoms with Gasteiger partial charge in [0, 0.05) is 12.3 Å². The summed E-state index contributed by atoms with van der Waals surface area (Å²) in [6, 6.07) is 28.2. The summed E-state index contributed by atoms with van der Waals surface area (Å²) in [5.41, 5.74) is 3.49. The maximum Gasteiger partial charge on any atom is 0.221 e. The Morgan fingerprint density at radius 2 is 1.39 bits per heavy atom. The lowest BCUT2D eigenvalue weighted by Crippen LogP contribution is -2.37. The molecule has 144 valence electrons. The standard InChI is InChI=1S/C25H27NO2/c1-19-13-15-23(16-14-19)28-18-20(2)26-25(27)17-24(21-9-5-3-6-10-21)22-11-7-4-8-12-22/h3-16,20,24H,17-18H2,1-2H3,(H,26,27)/t20-/m0/s1. The molecule has 0 saturated heterocycles. The zero-order valence-electron chi connectivity index (χ0n) is 16.5. The van der Waals surface area contributed by atoms with E-state index in [4.69, 9.17) is 4.74 Å². The van der Waals surface area contributed by atoms with E-state index in [1.54, 1.807) is 0 Å². The first-order valence-corrected chi connectivity index (χ1v) is 9.70. The van der Waals surface area contributed by atoms with Gasteiger partial charge in [-0.2, -0.15) is 0 Å². The smallest absolute Gasteiger partial charge is 0.221 e. The molecule has 3 rings (SSSR count). The number of hydrogen-bond acceptors (Lipinski definition) is 2. The van der Waals surface area contributed by atoms with Crippen molar-refractivity contribution in [1.82, 2.24) is 5.32 Å². The lowest BCUT2D eigenvalue weighted by molar-refractivity contribution is -0.122. The zero-order valence-corrected chi connectivity index (χ0v) is 16.5. The highest BCUT2D eigenvalue weighted by Gasteiger charge is 2.19. The molecule has 0 heterocycles. The predicted octanol–water partition coefficient (Wildman–Crippen LogP) is 5.10. The summed E-state index contributed by atoms with van der Waals surface area (Å²) in [7, 11) is 0. The van der Waals surface area contributed by atoms with E-state index in [9.17, 15) is 4.79 Å². The minimum Gasteiger partial charge on any atom is -0.491 e. The molecule has 0 bridgehead atoms. The van der Waals surface area contributed by atoms with E-state index in [0.29, 0.717) is 13.0 Å². The third kappa shape index (κ3) is 5.71.